The molecule has 0 radical (unpaired) electrons. The summed E-state index contributed by atoms with van der Waals surface area (Å²) in [6.07, 6.45) is 2.34. The number of nitrogens with one attached hydrogen (secondary N) is 1. The molecule has 0 saturated carbocycles. The van der Waals surface area contributed by atoms with Gasteiger partial charge in [-0.1, -0.05) is 19.1 Å². The number of carbonyl (C=O) groups is 1. The number of hydrogen-bond acceptors (Lipinski definition) is 3. The molecule has 0 aliphatic carbocycles. The van der Waals surface area contributed by atoms with E-state index in [4.69, 9.17) is 0 Å². The zero-order valence-electron chi connectivity index (χ0n) is 12.4. The van der Waals surface area contributed by atoms with E-state index in [0.717, 1.165) is 18.2 Å². The molecule has 20 heavy (non-hydrogen) atoms. The van der Waals surface area contributed by atoms with E-state index in [9.17, 15) is 13.2 Å². The minimum absolute atomic E-state index is 0.0245. The van der Waals surface area contributed by atoms with Gasteiger partial charge in [-0.15, -0.1) is 0 Å². The number of hydrogen-bond donors (Lipinski definition) is 1. The number of carbonyl (C=O) groups excluding carboxylic acids is 1. The predicted octanol–water partition coefficient (Wildman–Crippen LogP) is 1.54. The molecule has 0 aromatic heterocycles. The molecule has 1 N–H and O–H groups in total. The van der Waals surface area contributed by atoms with Gasteiger partial charge in [0.15, 0.2) is 0 Å². The molecule has 0 saturated heterocycles. The number of sulfonamides is 1. The van der Waals surface area contributed by atoms with Crippen molar-refractivity contribution in [3.8, 4) is 0 Å². The van der Waals surface area contributed by atoms with Crippen LogP contribution in [0.15, 0.2) is 24.3 Å². The van der Waals surface area contributed by atoms with E-state index in [1.165, 1.54) is 11.4 Å². The molecule has 0 heterocycles. The van der Waals surface area contributed by atoms with Crippen LogP contribution in [0.2, 0.25) is 0 Å². The molecule has 5 nitrogen and oxygen atoms in total. The summed E-state index contributed by atoms with van der Waals surface area (Å²) in [6, 6.07) is 7.11. The third-order valence-electron chi connectivity index (χ3n) is 3.18. The summed E-state index contributed by atoms with van der Waals surface area (Å²) in [5.41, 5.74) is 1.44. The summed E-state index contributed by atoms with van der Waals surface area (Å²) >= 11 is 0. The van der Waals surface area contributed by atoms with Crippen LogP contribution in [0.5, 0.6) is 0 Å². The number of benzene rings is 1. The molecule has 0 bridgehead atoms. The Kier molecular flexibility index (Phi) is 5.56. The standard InChI is InChI=1S/C14H22N2O3S/c1-5-11(2)15-14(17)10-12-6-8-13(9-7-12)16(3)20(4,18)19/h6-9,11H,5,10H2,1-4H3,(H,15,17)/t11-/m1/s1. The molecule has 1 aromatic rings. The maximum atomic E-state index is 11.7. The van der Waals surface area contributed by atoms with Gasteiger partial charge in [0, 0.05) is 13.1 Å². The van der Waals surface area contributed by atoms with Crippen LogP contribution >= 0.6 is 0 Å². The SMILES string of the molecule is CC[C@@H](C)NC(=O)Cc1ccc(N(C)S(C)(=O)=O)cc1. The molecule has 0 aliphatic rings. The maximum absolute atomic E-state index is 11.7. The van der Waals surface area contributed by atoms with Gasteiger partial charge in [-0.2, -0.15) is 0 Å². The first-order valence-corrected chi connectivity index (χ1v) is 8.41. The zero-order chi connectivity index (χ0) is 15.3. The Morgan fingerprint density at radius 2 is 1.85 bits per heavy atom. The molecule has 1 aromatic carbocycles. The van der Waals surface area contributed by atoms with Crippen LogP contribution in [0.3, 0.4) is 0 Å². The largest absolute Gasteiger partial charge is 0.353 e. The smallest absolute Gasteiger partial charge is 0.231 e. The molecular weight excluding hydrogens is 276 g/mol. The van der Waals surface area contributed by atoms with E-state index in [2.05, 4.69) is 5.32 Å². The van der Waals surface area contributed by atoms with Crippen LogP contribution in [0.25, 0.3) is 0 Å². The Labute approximate surface area is 121 Å². The minimum atomic E-state index is -3.26. The van der Waals surface area contributed by atoms with Crippen molar-refractivity contribution in [1.82, 2.24) is 5.32 Å². The summed E-state index contributed by atoms with van der Waals surface area (Å²) < 4.78 is 24.0. The van der Waals surface area contributed by atoms with E-state index in [1.54, 1.807) is 24.3 Å². The highest BCUT2D eigenvalue weighted by Gasteiger charge is 2.12. The monoisotopic (exact) mass is 298 g/mol. The van der Waals surface area contributed by atoms with Crippen molar-refractivity contribution in [2.45, 2.75) is 32.7 Å². The van der Waals surface area contributed by atoms with Crippen LogP contribution < -0.4 is 9.62 Å². The first-order chi connectivity index (χ1) is 9.24. The number of anilines is 1. The van der Waals surface area contributed by atoms with Gasteiger partial charge in [0.2, 0.25) is 15.9 Å². The highest BCUT2D eigenvalue weighted by molar-refractivity contribution is 7.92. The lowest BCUT2D eigenvalue weighted by Crippen LogP contribution is -2.33. The van der Waals surface area contributed by atoms with Gasteiger partial charge in [0.05, 0.1) is 18.4 Å². The molecule has 6 heteroatoms. The van der Waals surface area contributed by atoms with E-state index < -0.39 is 10.0 Å². The van der Waals surface area contributed by atoms with Crippen molar-refractivity contribution < 1.29 is 13.2 Å². The summed E-state index contributed by atoms with van der Waals surface area (Å²) in [5.74, 6) is -0.0245. The molecule has 0 aliphatic heterocycles. The predicted molar refractivity (Wildman–Crippen MR) is 81.3 cm³/mol. The van der Waals surface area contributed by atoms with Crippen molar-refractivity contribution in [1.29, 1.82) is 0 Å². The third-order valence-corrected chi connectivity index (χ3v) is 4.39. The van der Waals surface area contributed by atoms with Crippen molar-refractivity contribution in [2.24, 2.45) is 0 Å². The lowest BCUT2D eigenvalue weighted by Gasteiger charge is -2.17. The lowest BCUT2D eigenvalue weighted by atomic mass is 10.1. The van der Waals surface area contributed by atoms with Gasteiger partial charge >= 0.3 is 0 Å². The topological polar surface area (TPSA) is 66.5 Å². The number of nitrogens with zero attached hydrogens (tertiary/aromatic N) is 1. The Morgan fingerprint density at radius 3 is 2.30 bits per heavy atom. The second-order valence-electron chi connectivity index (χ2n) is 4.95. The molecule has 1 amide bonds. The van der Waals surface area contributed by atoms with E-state index >= 15 is 0 Å². The Hall–Kier alpha value is -1.56. The van der Waals surface area contributed by atoms with Gasteiger partial charge in [-0.25, -0.2) is 8.42 Å². The summed E-state index contributed by atoms with van der Waals surface area (Å²) in [7, 11) is -1.76. The van der Waals surface area contributed by atoms with Crippen LogP contribution in [0.4, 0.5) is 5.69 Å². The van der Waals surface area contributed by atoms with E-state index in [-0.39, 0.29) is 11.9 Å². The normalized spacial score (nSPS) is 12.8. The average molecular weight is 298 g/mol. The van der Waals surface area contributed by atoms with E-state index in [1.807, 2.05) is 13.8 Å². The fourth-order valence-electron chi connectivity index (χ4n) is 1.63. The first kappa shape index (κ1) is 16.5. The van der Waals surface area contributed by atoms with Gasteiger partial charge < -0.3 is 5.32 Å². The molecule has 1 atom stereocenters. The Bertz CT molecular complexity index is 552. The number of amides is 1. The molecule has 112 valence electrons. The summed E-state index contributed by atoms with van der Waals surface area (Å²) in [4.78, 5) is 11.7. The zero-order valence-corrected chi connectivity index (χ0v) is 13.2. The first-order valence-electron chi connectivity index (χ1n) is 6.56. The van der Waals surface area contributed by atoms with Crippen LogP contribution in [0, 0.1) is 0 Å². The fourth-order valence-corrected chi connectivity index (χ4v) is 2.13. The van der Waals surface area contributed by atoms with Crippen molar-refractivity contribution in [3.05, 3.63) is 29.8 Å². The third kappa shape index (κ3) is 4.85. The molecule has 0 unspecified atom stereocenters. The van der Waals surface area contributed by atoms with Crippen molar-refractivity contribution in [3.63, 3.8) is 0 Å². The molecule has 1 rings (SSSR count). The van der Waals surface area contributed by atoms with Crippen LogP contribution in [-0.2, 0) is 21.2 Å². The highest BCUT2D eigenvalue weighted by Crippen LogP contribution is 2.16. The maximum Gasteiger partial charge on any atom is 0.231 e. The second-order valence-corrected chi connectivity index (χ2v) is 6.96. The molecule has 0 fully saturated rings. The molecular formula is C14H22N2O3S. The number of rotatable bonds is 6. The summed E-state index contributed by atoms with van der Waals surface area (Å²) in [5, 5.41) is 2.89. The van der Waals surface area contributed by atoms with Crippen LogP contribution in [0.1, 0.15) is 25.8 Å². The lowest BCUT2D eigenvalue weighted by molar-refractivity contribution is -0.121. The fraction of sp³-hybridized carbons (Fsp3) is 0.500. The second kappa shape index (κ2) is 6.74. The Balaban J connectivity index is 2.70. The molecule has 0 spiro atoms. The quantitative estimate of drug-likeness (QED) is 0.866. The highest BCUT2D eigenvalue weighted by atomic mass is 32.2. The van der Waals surface area contributed by atoms with E-state index in [0.29, 0.717) is 12.1 Å². The minimum Gasteiger partial charge on any atom is -0.353 e. The van der Waals surface area contributed by atoms with Crippen LogP contribution in [-0.4, -0.2) is 33.7 Å². The summed E-state index contributed by atoms with van der Waals surface area (Å²) in [6.45, 7) is 3.98. The van der Waals surface area contributed by atoms with Crippen molar-refractivity contribution in [2.75, 3.05) is 17.6 Å². The van der Waals surface area contributed by atoms with Gasteiger partial charge in [-0.3, -0.25) is 9.10 Å². The van der Waals surface area contributed by atoms with Gasteiger partial charge in [0.25, 0.3) is 0 Å². The van der Waals surface area contributed by atoms with Gasteiger partial charge in [-0.05, 0) is 31.0 Å². The van der Waals surface area contributed by atoms with Crippen molar-refractivity contribution >= 4 is 21.6 Å². The average Bonchev–Trinajstić information content (AvgIpc) is 2.37. The van der Waals surface area contributed by atoms with Gasteiger partial charge in [0.1, 0.15) is 0 Å². The Morgan fingerprint density at radius 1 is 1.30 bits per heavy atom.